The fourth-order valence-electron chi connectivity index (χ4n) is 3.13. The summed E-state index contributed by atoms with van der Waals surface area (Å²) in [6, 6.07) is 8.98. The normalized spacial score (nSPS) is 22.4. The van der Waals surface area contributed by atoms with E-state index >= 15 is 0 Å². The molecular formula is C18H18N2O5S. The minimum Gasteiger partial charge on any atom is -0.466 e. The summed E-state index contributed by atoms with van der Waals surface area (Å²) in [7, 11) is 2.48. The number of carbonyl (C=O) groups is 3. The number of benzene rings is 1. The number of amides is 1. The fourth-order valence-corrected chi connectivity index (χ4v) is 4.29. The van der Waals surface area contributed by atoms with E-state index in [0.717, 1.165) is 0 Å². The third-order valence-electron chi connectivity index (χ3n) is 4.33. The summed E-state index contributed by atoms with van der Waals surface area (Å²) in [6.45, 7) is 1.72. The van der Waals surface area contributed by atoms with Gasteiger partial charge in [-0.3, -0.25) is 9.69 Å². The molecular weight excluding hydrogens is 356 g/mol. The van der Waals surface area contributed by atoms with E-state index in [4.69, 9.17) is 15.2 Å². The number of hydrogen-bond acceptors (Lipinski definition) is 7. The molecule has 26 heavy (non-hydrogen) atoms. The van der Waals surface area contributed by atoms with Crippen molar-refractivity contribution in [1.29, 1.82) is 0 Å². The Balaban J connectivity index is 2.32. The summed E-state index contributed by atoms with van der Waals surface area (Å²) in [5.41, 5.74) is 7.14. The van der Waals surface area contributed by atoms with Crippen LogP contribution in [0.15, 0.2) is 52.3 Å². The van der Waals surface area contributed by atoms with Crippen molar-refractivity contribution in [2.75, 3.05) is 14.2 Å². The van der Waals surface area contributed by atoms with Crippen LogP contribution in [-0.4, -0.2) is 42.2 Å². The lowest BCUT2D eigenvalue weighted by atomic mass is 9.82. The number of nitrogens with zero attached hydrogens (tertiary/aromatic N) is 1. The summed E-state index contributed by atoms with van der Waals surface area (Å²) in [6.07, 6.45) is 0. The van der Waals surface area contributed by atoms with Crippen LogP contribution in [0.25, 0.3) is 0 Å². The molecule has 136 valence electrons. The van der Waals surface area contributed by atoms with Gasteiger partial charge in [0.2, 0.25) is 5.91 Å². The second-order valence-electron chi connectivity index (χ2n) is 5.78. The number of rotatable bonds is 3. The van der Waals surface area contributed by atoms with Gasteiger partial charge in [0.15, 0.2) is 0 Å². The molecule has 0 aromatic heterocycles. The molecule has 1 saturated heterocycles. The Morgan fingerprint density at radius 2 is 1.65 bits per heavy atom. The number of esters is 2. The van der Waals surface area contributed by atoms with Crippen LogP contribution in [0, 0.1) is 0 Å². The van der Waals surface area contributed by atoms with E-state index in [2.05, 4.69) is 0 Å². The van der Waals surface area contributed by atoms with Crippen LogP contribution in [0.1, 0.15) is 18.4 Å². The molecule has 0 aliphatic carbocycles. The molecule has 0 radical (unpaired) electrons. The second kappa shape index (κ2) is 6.87. The van der Waals surface area contributed by atoms with Gasteiger partial charge in [-0.15, -0.1) is 0 Å². The van der Waals surface area contributed by atoms with E-state index in [1.54, 1.807) is 31.2 Å². The molecule has 8 heteroatoms. The van der Waals surface area contributed by atoms with Gasteiger partial charge in [-0.05, 0) is 12.5 Å². The summed E-state index contributed by atoms with van der Waals surface area (Å²) in [5, 5.41) is -0.0371. The molecule has 1 aromatic carbocycles. The minimum absolute atomic E-state index is 0.0183. The average molecular weight is 374 g/mol. The fraction of sp³-hybridized carbons (Fsp3) is 0.278. The lowest BCUT2D eigenvalue weighted by molar-refractivity contribution is -0.137. The summed E-state index contributed by atoms with van der Waals surface area (Å²) < 4.78 is 9.84. The summed E-state index contributed by atoms with van der Waals surface area (Å²) >= 11 is 1.22. The predicted molar refractivity (Wildman–Crippen MR) is 95.4 cm³/mol. The maximum atomic E-state index is 12.6. The number of hydrogen-bond donors (Lipinski definition) is 1. The van der Waals surface area contributed by atoms with Gasteiger partial charge in [0.25, 0.3) is 0 Å². The topological polar surface area (TPSA) is 98.9 Å². The van der Waals surface area contributed by atoms with Gasteiger partial charge in [-0.1, -0.05) is 42.1 Å². The predicted octanol–water partition coefficient (Wildman–Crippen LogP) is 1.48. The van der Waals surface area contributed by atoms with Crippen molar-refractivity contribution in [3.05, 3.63) is 57.9 Å². The molecule has 2 heterocycles. The Labute approximate surface area is 154 Å². The van der Waals surface area contributed by atoms with E-state index in [9.17, 15) is 14.4 Å². The molecule has 0 spiro atoms. The number of ether oxygens (including phenoxy) is 2. The first-order chi connectivity index (χ1) is 12.4. The van der Waals surface area contributed by atoms with Crippen LogP contribution in [0.3, 0.4) is 0 Å². The number of carbonyl (C=O) groups excluding carboxylic acids is 3. The molecule has 3 rings (SSSR count). The highest BCUT2D eigenvalue weighted by atomic mass is 32.2. The zero-order valence-electron chi connectivity index (χ0n) is 14.5. The molecule has 2 atom stereocenters. The monoisotopic (exact) mass is 374 g/mol. The Morgan fingerprint density at radius 1 is 1.08 bits per heavy atom. The third kappa shape index (κ3) is 2.66. The molecule has 1 fully saturated rings. The van der Waals surface area contributed by atoms with Gasteiger partial charge in [0.05, 0.1) is 41.6 Å². The van der Waals surface area contributed by atoms with E-state index in [1.165, 1.54) is 30.9 Å². The van der Waals surface area contributed by atoms with E-state index < -0.39 is 23.1 Å². The number of methoxy groups -OCH3 is 2. The van der Waals surface area contributed by atoms with Crippen molar-refractivity contribution in [2.45, 2.75) is 18.1 Å². The quantitative estimate of drug-likeness (QED) is 0.800. The van der Waals surface area contributed by atoms with Crippen LogP contribution < -0.4 is 5.73 Å². The Kier molecular flexibility index (Phi) is 4.78. The van der Waals surface area contributed by atoms with Gasteiger partial charge < -0.3 is 15.2 Å². The van der Waals surface area contributed by atoms with Crippen molar-refractivity contribution < 1.29 is 23.9 Å². The standard InChI is InChI=1S/C18H18N2O5S/c1-9-15(21)20-14(19)12(17(22)24-2)11(10-7-5-4-6-8-10)13(16(20)26-9)18(23)25-3/h4-9,11H,19H2,1-3H3/t9-,11-/m0/s1. The lowest BCUT2D eigenvalue weighted by Gasteiger charge is -2.32. The van der Waals surface area contributed by atoms with E-state index in [-0.39, 0.29) is 22.9 Å². The molecule has 0 saturated carbocycles. The van der Waals surface area contributed by atoms with Crippen LogP contribution in [-0.2, 0) is 23.9 Å². The number of fused-ring (bicyclic) bond motifs is 1. The highest BCUT2D eigenvalue weighted by Gasteiger charge is 2.48. The van der Waals surface area contributed by atoms with Gasteiger partial charge in [0.1, 0.15) is 5.82 Å². The zero-order valence-corrected chi connectivity index (χ0v) is 15.3. The smallest absolute Gasteiger partial charge is 0.338 e. The molecule has 7 nitrogen and oxygen atoms in total. The van der Waals surface area contributed by atoms with Crippen molar-refractivity contribution >= 4 is 29.6 Å². The number of thioether (sulfide) groups is 1. The summed E-state index contributed by atoms with van der Waals surface area (Å²) in [5.74, 6) is -2.42. The van der Waals surface area contributed by atoms with Crippen LogP contribution >= 0.6 is 11.8 Å². The van der Waals surface area contributed by atoms with Gasteiger partial charge in [-0.2, -0.15) is 0 Å². The van der Waals surface area contributed by atoms with Gasteiger partial charge in [-0.25, -0.2) is 9.59 Å². The highest BCUT2D eigenvalue weighted by Crippen LogP contribution is 2.49. The average Bonchev–Trinajstić information content (AvgIpc) is 2.95. The SMILES string of the molecule is COC(=O)C1=C(N)N2C(=O)[C@H](C)SC2=C(C(=O)OC)[C@H]1c1ccccc1. The lowest BCUT2D eigenvalue weighted by Crippen LogP contribution is -2.40. The summed E-state index contributed by atoms with van der Waals surface area (Å²) in [4.78, 5) is 38.9. The van der Waals surface area contributed by atoms with Crippen LogP contribution in [0.5, 0.6) is 0 Å². The van der Waals surface area contributed by atoms with Gasteiger partial charge in [0, 0.05) is 0 Å². The Bertz CT molecular complexity index is 846. The second-order valence-corrected chi connectivity index (χ2v) is 7.11. The molecule has 0 unspecified atom stereocenters. The molecule has 2 aliphatic rings. The molecule has 2 N–H and O–H groups in total. The highest BCUT2D eigenvalue weighted by molar-refractivity contribution is 8.04. The molecule has 1 amide bonds. The van der Waals surface area contributed by atoms with Crippen LogP contribution in [0.4, 0.5) is 0 Å². The molecule has 0 bridgehead atoms. The zero-order chi connectivity index (χ0) is 19.0. The first-order valence-corrected chi connectivity index (χ1v) is 8.76. The largest absolute Gasteiger partial charge is 0.466 e. The Hall–Kier alpha value is -2.74. The minimum atomic E-state index is -0.784. The maximum Gasteiger partial charge on any atom is 0.338 e. The van der Waals surface area contributed by atoms with Crippen molar-refractivity contribution in [3.8, 4) is 0 Å². The van der Waals surface area contributed by atoms with Crippen molar-refractivity contribution in [1.82, 2.24) is 4.90 Å². The van der Waals surface area contributed by atoms with E-state index in [1.807, 2.05) is 6.07 Å². The van der Waals surface area contributed by atoms with Crippen molar-refractivity contribution in [3.63, 3.8) is 0 Å². The molecule has 1 aromatic rings. The third-order valence-corrected chi connectivity index (χ3v) is 5.51. The van der Waals surface area contributed by atoms with E-state index in [0.29, 0.717) is 10.6 Å². The first-order valence-electron chi connectivity index (χ1n) is 7.88. The number of nitrogens with two attached hydrogens (primary N) is 1. The maximum absolute atomic E-state index is 12.6. The van der Waals surface area contributed by atoms with Crippen molar-refractivity contribution in [2.24, 2.45) is 5.73 Å². The first kappa shape index (κ1) is 18.1. The van der Waals surface area contributed by atoms with Gasteiger partial charge >= 0.3 is 11.9 Å². The van der Waals surface area contributed by atoms with Crippen LogP contribution in [0.2, 0.25) is 0 Å². The Morgan fingerprint density at radius 3 is 2.23 bits per heavy atom. The molecule has 2 aliphatic heterocycles.